The molecule has 0 bridgehead atoms. The third-order valence-electron chi connectivity index (χ3n) is 4.10. The van der Waals surface area contributed by atoms with Crippen LogP contribution in [0.2, 0.25) is 5.02 Å². The Morgan fingerprint density at radius 3 is 2.48 bits per heavy atom. The number of alkyl halides is 3. The number of aryl methyl sites for hydroxylation is 1. The van der Waals surface area contributed by atoms with Gasteiger partial charge in [0.25, 0.3) is 0 Å². The highest BCUT2D eigenvalue weighted by atomic mass is 35.5. The van der Waals surface area contributed by atoms with Crippen LogP contribution in [0.15, 0.2) is 24.3 Å². The lowest BCUT2D eigenvalue weighted by molar-refractivity contribution is -0.141. The first-order chi connectivity index (χ1) is 11.8. The van der Waals surface area contributed by atoms with E-state index in [1.165, 1.54) is 0 Å². The Balaban J connectivity index is 1.78. The standard InChI is InChI=1S/C17H17ClF3N3O/c1-2-10-3-7-12(8-4-10)22-13(25)9-24-15(11-5-6-11)14(18)16(23-24)17(19,20)21/h3-4,7-8,11H,2,5-6,9H2,1H3,(H,22,25). The number of aromatic nitrogens is 2. The molecule has 8 heteroatoms. The maximum atomic E-state index is 13.0. The SMILES string of the molecule is CCc1ccc(NC(=O)Cn2nc(C(F)(F)F)c(Cl)c2C2CC2)cc1. The van der Waals surface area contributed by atoms with Gasteiger partial charge in [-0.1, -0.05) is 30.7 Å². The Morgan fingerprint density at radius 1 is 1.32 bits per heavy atom. The van der Waals surface area contributed by atoms with Gasteiger partial charge in [0.05, 0.1) is 10.7 Å². The van der Waals surface area contributed by atoms with E-state index in [9.17, 15) is 18.0 Å². The molecule has 0 radical (unpaired) electrons. The summed E-state index contributed by atoms with van der Waals surface area (Å²) in [4.78, 5) is 12.2. The van der Waals surface area contributed by atoms with E-state index >= 15 is 0 Å². The minimum atomic E-state index is -4.64. The second kappa shape index (κ2) is 6.71. The monoisotopic (exact) mass is 371 g/mol. The fraction of sp³-hybridized carbons (Fsp3) is 0.412. The van der Waals surface area contributed by atoms with Crippen LogP contribution in [0.25, 0.3) is 0 Å². The Labute approximate surface area is 148 Å². The lowest BCUT2D eigenvalue weighted by Crippen LogP contribution is -2.21. The van der Waals surface area contributed by atoms with Crippen LogP contribution in [-0.2, 0) is 23.9 Å². The summed E-state index contributed by atoms with van der Waals surface area (Å²) >= 11 is 5.89. The molecule has 134 valence electrons. The summed E-state index contributed by atoms with van der Waals surface area (Å²) in [6.07, 6.45) is -2.25. The summed E-state index contributed by atoms with van der Waals surface area (Å²) in [5.74, 6) is -0.508. The first kappa shape index (κ1) is 17.8. The zero-order valence-corrected chi connectivity index (χ0v) is 14.3. The number of carbonyl (C=O) groups is 1. The normalized spacial score (nSPS) is 14.6. The number of nitrogens with one attached hydrogen (secondary N) is 1. The highest BCUT2D eigenvalue weighted by Crippen LogP contribution is 2.46. The Bertz CT molecular complexity index is 780. The van der Waals surface area contributed by atoms with Gasteiger partial charge in [-0.25, -0.2) is 0 Å². The number of hydrogen-bond donors (Lipinski definition) is 1. The van der Waals surface area contributed by atoms with Gasteiger partial charge in [0.2, 0.25) is 5.91 Å². The van der Waals surface area contributed by atoms with Gasteiger partial charge in [-0.2, -0.15) is 18.3 Å². The topological polar surface area (TPSA) is 46.9 Å². The highest BCUT2D eigenvalue weighted by molar-refractivity contribution is 6.32. The Kier molecular flexibility index (Phi) is 4.77. The van der Waals surface area contributed by atoms with Crippen LogP contribution >= 0.6 is 11.6 Å². The maximum Gasteiger partial charge on any atom is 0.436 e. The van der Waals surface area contributed by atoms with Gasteiger partial charge in [0.1, 0.15) is 6.54 Å². The average Bonchev–Trinajstić information content (AvgIpc) is 3.31. The van der Waals surface area contributed by atoms with Crippen molar-refractivity contribution >= 4 is 23.2 Å². The summed E-state index contributed by atoms with van der Waals surface area (Å²) in [5.41, 5.74) is 0.883. The van der Waals surface area contributed by atoms with Crippen molar-refractivity contribution in [2.45, 2.75) is 44.8 Å². The highest BCUT2D eigenvalue weighted by Gasteiger charge is 2.42. The minimum absolute atomic E-state index is 0.0623. The molecule has 1 amide bonds. The number of hydrogen-bond acceptors (Lipinski definition) is 2. The summed E-state index contributed by atoms with van der Waals surface area (Å²) in [5, 5.41) is 5.83. The van der Waals surface area contributed by atoms with Gasteiger partial charge in [-0.3, -0.25) is 9.48 Å². The van der Waals surface area contributed by atoms with E-state index < -0.39 is 22.8 Å². The van der Waals surface area contributed by atoms with Gasteiger partial charge < -0.3 is 5.32 Å². The average molecular weight is 372 g/mol. The summed E-state index contributed by atoms with van der Waals surface area (Å²) in [6.45, 7) is 1.71. The second-order valence-electron chi connectivity index (χ2n) is 6.08. The van der Waals surface area contributed by atoms with Crippen LogP contribution < -0.4 is 5.32 Å². The van der Waals surface area contributed by atoms with E-state index in [0.717, 1.165) is 29.5 Å². The van der Waals surface area contributed by atoms with Crippen molar-refractivity contribution in [3.05, 3.63) is 46.2 Å². The van der Waals surface area contributed by atoms with E-state index in [1.54, 1.807) is 12.1 Å². The molecule has 1 saturated carbocycles. The van der Waals surface area contributed by atoms with Crippen LogP contribution in [0.4, 0.5) is 18.9 Å². The van der Waals surface area contributed by atoms with E-state index in [2.05, 4.69) is 10.4 Å². The predicted molar refractivity (Wildman–Crippen MR) is 88.7 cm³/mol. The first-order valence-electron chi connectivity index (χ1n) is 8.01. The molecular formula is C17H17ClF3N3O. The van der Waals surface area contributed by atoms with E-state index in [-0.39, 0.29) is 12.5 Å². The molecule has 1 aliphatic rings. The van der Waals surface area contributed by atoms with Crippen LogP contribution in [0.3, 0.4) is 0 Å². The van der Waals surface area contributed by atoms with Crippen molar-refractivity contribution in [3.8, 4) is 0 Å². The third-order valence-corrected chi connectivity index (χ3v) is 4.48. The number of anilines is 1. The number of carbonyl (C=O) groups excluding carboxylic acids is 1. The minimum Gasteiger partial charge on any atom is -0.324 e. The zero-order chi connectivity index (χ0) is 18.2. The molecule has 0 saturated heterocycles. The summed E-state index contributed by atoms with van der Waals surface area (Å²) in [6, 6.07) is 7.29. The lowest BCUT2D eigenvalue weighted by atomic mass is 10.1. The van der Waals surface area contributed by atoms with Crippen molar-refractivity contribution in [2.75, 3.05) is 5.32 Å². The van der Waals surface area contributed by atoms with Crippen molar-refractivity contribution in [1.29, 1.82) is 0 Å². The number of halogens is 4. The molecule has 1 N–H and O–H groups in total. The molecule has 2 aromatic rings. The molecule has 4 nitrogen and oxygen atoms in total. The second-order valence-corrected chi connectivity index (χ2v) is 6.45. The molecule has 0 aliphatic heterocycles. The van der Waals surface area contributed by atoms with Crippen molar-refractivity contribution in [3.63, 3.8) is 0 Å². The smallest absolute Gasteiger partial charge is 0.324 e. The molecule has 3 rings (SSSR count). The Morgan fingerprint density at radius 2 is 1.96 bits per heavy atom. The molecule has 1 aromatic carbocycles. The molecule has 25 heavy (non-hydrogen) atoms. The summed E-state index contributed by atoms with van der Waals surface area (Å²) < 4.78 is 40.1. The quantitative estimate of drug-likeness (QED) is 0.832. The first-order valence-corrected chi connectivity index (χ1v) is 8.39. The van der Waals surface area contributed by atoms with Crippen LogP contribution in [-0.4, -0.2) is 15.7 Å². The largest absolute Gasteiger partial charge is 0.436 e. The molecule has 0 spiro atoms. The van der Waals surface area contributed by atoms with E-state index in [0.29, 0.717) is 11.4 Å². The van der Waals surface area contributed by atoms with Gasteiger partial charge in [0.15, 0.2) is 5.69 Å². The number of nitrogens with zero attached hydrogens (tertiary/aromatic N) is 2. The van der Waals surface area contributed by atoms with Crippen LogP contribution in [0.5, 0.6) is 0 Å². The van der Waals surface area contributed by atoms with Gasteiger partial charge in [0, 0.05) is 11.6 Å². The van der Waals surface area contributed by atoms with Crippen LogP contribution in [0, 0.1) is 0 Å². The molecule has 1 aromatic heterocycles. The third kappa shape index (κ3) is 3.98. The van der Waals surface area contributed by atoms with Crippen molar-refractivity contribution in [1.82, 2.24) is 9.78 Å². The molecule has 1 aliphatic carbocycles. The Hall–Kier alpha value is -2.02. The van der Waals surface area contributed by atoms with Crippen molar-refractivity contribution < 1.29 is 18.0 Å². The van der Waals surface area contributed by atoms with E-state index in [1.807, 2.05) is 19.1 Å². The summed E-state index contributed by atoms with van der Waals surface area (Å²) in [7, 11) is 0. The number of benzene rings is 1. The predicted octanol–water partition coefficient (Wildman–Crippen LogP) is 4.63. The fourth-order valence-electron chi connectivity index (χ4n) is 2.66. The maximum absolute atomic E-state index is 13.0. The van der Waals surface area contributed by atoms with E-state index in [4.69, 9.17) is 11.6 Å². The molecule has 0 unspecified atom stereocenters. The van der Waals surface area contributed by atoms with Gasteiger partial charge >= 0.3 is 6.18 Å². The molecule has 0 atom stereocenters. The lowest BCUT2D eigenvalue weighted by Gasteiger charge is -2.09. The zero-order valence-electron chi connectivity index (χ0n) is 13.5. The number of amides is 1. The van der Waals surface area contributed by atoms with Crippen LogP contribution in [0.1, 0.15) is 42.6 Å². The fourth-order valence-corrected chi connectivity index (χ4v) is 3.06. The molecule has 1 heterocycles. The van der Waals surface area contributed by atoms with Gasteiger partial charge in [-0.15, -0.1) is 0 Å². The van der Waals surface area contributed by atoms with Crippen molar-refractivity contribution in [2.24, 2.45) is 0 Å². The van der Waals surface area contributed by atoms with Gasteiger partial charge in [-0.05, 0) is 37.0 Å². The number of rotatable bonds is 5. The molecule has 1 fully saturated rings. The molecular weight excluding hydrogens is 355 g/mol.